The molecule has 3 nitrogen and oxygen atoms in total. The minimum atomic E-state index is 0.0837. The van der Waals surface area contributed by atoms with Crippen molar-refractivity contribution in [3.05, 3.63) is 0 Å². The first-order valence-electron chi connectivity index (χ1n) is 6.05. The van der Waals surface area contributed by atoms with Crippen molar-refractivity contribution >= 4 is 5.91 Å². The van der Waals surface area contributed by atoms with E-state index in [-0.39, 0.29) is 12.5 Å². The first-order valence-corrected chi connectivity index (χ1v) is 6.05. The molecule has 0 spiro atoms. The zero-order valence-corrected chi connectivity index (χ0v) is 9.91. The van der Waals surface area contributed by atoms with Gasteiger partial charge >= 0.3 is 0 Å². The number of rotatable bonds is 5. The van der Waals surface area contributed by atoms with Crippen LogP contribution in [0.15, 0.2) is 0 Å². The van der Waals surface area contributed by atoms with Crippen LogP contribution in [0.25, 0.3) is 0 Å². The fraction of sp³-hybridized carbons (Fsp3) is 0.917. The average Bonchev–Trinajstić information content (AvgIpc) is 2.65. The van der Waals surface area contributed by atoms with E-state index in [2.05, 4.69) is 13.8 Å². The lowest BCUT2D eigenvalue weighted by molar-refractivity contribution is -0.134. The summed E-state index contributed by atoms with van der Waals surface area (Å²) >= 11 is 0. The Hall–Kier alpha value is -0.570. The van der Waals surface area contributed by atoms with Gasteiger partial charge in [0.25, 0.3) is 0 Å². The molecule has 1 N–H and O–H groups in total. The monoisotopic (exact) mass is 213 g/mol. The lowest BCUT2D eigenvalue weighted by Gasteiger charge is -2.29. The van der Waals surface area contributed by atoms with Gasteiger partial charge in [-0.05, 0) is 18.8 Å². The molecule has 0 atom stereocenters. The van der Waals surface area contributed by atoms with E-state index in [1.165, 1.54) is 12.8 Å². The summed E-state index contributed by atoms with van der Waals surface area (Å²) in [7, 11) is 0. The van der Waals surface area contributed by atoms with Crippen molar-refractivity contribution in [1.29, 1.82) is 0 Å². The van der Waals surface area contributed by atoms with Crippen LogP contribution in [0.5, 0.6) is 0 Å². The largest absolute Gasteiger partial charge is 0.395 e. The Morgan fingerprint density at radius 2 is 2.00 bits per heavy atom. The maximum absolute atomic E-state index is 11.9. The molecule has 0 aromatic rings. The summed E-state index contributed by atoms with van der Waals surface area (Å²) in [6, 6.07) is 0.392. The number of carbonyl (C=O) groups is 1. The minimum Gasteiger partial charge on any atom is -0.395 e. The Labute approximate surface area is 92.5 Å². The first-order chi connectivity index (χ1) is 7.15. The quantitative estimate of drug-likeness (QED) is 0.756. The zero-order valence-electron chi connectivity index (χ0n) is 9.91. The summed E-state index contributed by atoms with van der Waals surface area (Å²) in [5, 5.41) is 8.99. The highest BCUT2D eigenvalue weighted by molar-refractivity contribution is 5.76. The van der Waals surface area contributed by atoms with Gasteiger partial charge in [0, 0.05) is 19.0 Å². The predicted molar refractivity (Wildman–Crippen MR) is 60.5 cm³/mol. The molecular weight excluding hydrogens is 190 g/mol. The molecule has 0 radical (unpaired) electrons. The molecule has 0 bridgehead atoms. The molecule has 0 aromatic heterocycles. The number of aliphatic hydroxyl groups is 1. The van der Waals surface area contributed by atoms with Gasteiger partial charge in [-0.1, -0.05) is 26.7 Å². The molecule has 1 rings (SSSR count). The Bertz CT molecular complexity index is 198. The topological polar surface area (TPSA) is 40.5 Å². The van der Waals surface area contributed by atoms with Crippen LogP contribution in [0.2, 0.25) is 0 Å². The Morgan fingerprint density at radius 3 is 2.47 bits per heavy atom. The second-order valence-electron chi connectivity index (χ2n) is 4.85. The highest BCUT2D eigenvalue weighted by atomic mass is 16.3. The summed E-state index contributed by atoms with van der Waals surface area (Å²) < 4.78 is 0. The maximum Gasteiger partial charge on any atom is 0.223 e. The number of hydrogen-bond donors (Lipinski definition) is 1. The van der Waals surface area contributed by atoms with Crippen LogP contribution in [0.1, 0.15) is 46.0 Å². The smallest absolute Gasteiger partial charge is 0.223 e. The minimum absolute atomic E-state index is 0.0837. The standard InChI is InChI=1S/C12H23NO2/c1-10(2)9-12(15)13(7-8-14)11-5-3-4-6-11/h10-11,14H,3-9H2,1-2H3. The average molecular weight is 213 g/mol. The summed E-state index contributed by atoms with van der Waals surface area (Å²) in [4.78, 5) is 13.8. The third-order valence-corrected chi connectivity index (χ3v) is 3.01. The van der Waals surface area contributed by atoms with Gasteiger partial charge < -0.3 is 10.0 Å². The van der Waals surface area contributed by atoms with Crippen LogP contribution in [0.3, 0.4) is 0 Å². The number of nitrogens with zero attached hydrogens (tertiary/aromatic N) is 1. The van der Waals surface area contributed by atoms with E-state index < -0.39 is 0 Å². The van der Waals surface area contributed by atoms with Crippen LogP contribution in [0.4, 0.5) is 0 Å². The van der Waals surface area contributed by atoms with Crippen LogP contribution < -0.4 is 0 Å². The zero-order chi connectivity index (χ0) is 11.3. The van der Waals surface area contributed by atoms with Gasteiger partial charge in [0.15, 0.2) is 0 Å². The molecule has 0 saturated heterocycles. The van der Waals surface area contributed by atoms with Gasteiger partial charge in [0.1, 0.15) is 0 Å². The molecule has 88 valence electrons. The molecular formula is C12H23NO2. The van der Waals surface area contributed by atoms with Crippen molar-refractivity contribution in [2.75, 3.05) is 13.2 Å². The van der Waals surface area contributed by atoms with E-state index in [0.29, 0.717) is 24.9 Å². The SMILES string of the molecule is CC(C)CC(=O)N(CCO)C1CCCC1. The van der Waals surface area contributed by atoms with Crippen LogP contribution in [0, 0.1) is 5.92 Å². The van der Waals surface area contributed by atoms with Gasteiger partial charge in [-0.15, -0.1) is 0 Å². The van der Waals surface area contributed by atoms with Gasteiger partial charge in [-0.2, -0.15) is 0 Å². The van der Waals surface area contributed by atoms with Crippen LogP contribution in [-0.2, 0) is 4.79 Å². The van der Waals surface area contributed by atoms with Gasteiger partial charge in [-0.3, -0.25) is 4.79 Å². The molecule has 0 unspecified atom stereocenters. The lowest BCUT2D eigenvalue weighted by atomic mass is 10.1. The second kappa shape index (κ2) is 6.11. The molecule has 1 saturated carbocycles. The molecule has 0 heterocycles. The van der Waals surface area contributed by atoms with E-state index in [1.807, 2.05) is 4.90 Å². The van der Waals surface area contributed by atoms with Crippen molar-refractivity contribution in [3.8, 4) is 0 Å². The van der Waals surface area contributed by atoms with Gasteiger partial charge in [0.05, 0.1) is 6.61 Å². The molecule has 1 fully saturated rings. The van der Waals surface area contributed by atoms with Crippen molar-refractivity contribution in [3.63, 3.8) is 0 Å². The van der Waals surface area contributed by atoms with E-state index in [0.717, 1.165) is 12.8 Å². The van der Waals surface area contributed by atoms with Crippen molar-refractivity contribution in [2.45, 2.75) is 52.0 Å². The molecule has 1 aliphatic carbocycles. The molecule has 0 aliphatic heterocycles. The summed E-state index contributed by atoms with van der Waals surface area (Å²) in [6.45, 7) is 4.71. The fourth-order valence-corrected chi connectivity index (χ4v) is 2.30. The highest BCUT2D eigenvalue weighted by Crippen LogP contribution is 2.24. The van der Waals surface area contributed by atoms with Crippen LogP contribution >= 0.6 is 0 Å². The third-order valence-electron chi connectivity index (χ3n) is 3.01. The Kier molecular flexibility index (Phi) is 5.09. The van der Waals surface area contributed by atoms with E-state index in [9.17, 15) is 4.79 Å². The normalized spacial score (nSPS) is 17.3. The summed E-state index contributed by atoms with van der Waals surface area (Å²) in [5.74, 6) is 0.617. The second-order valence-corrected chi connectivity index (χ2v) is 4.85. The number of aliphatic hydroxyl groups excluding tert-OH is 1. The molecule has 1 amide bonds. The Balaban J connectivity index is 2.51. The lowest BCUT2D eigenvalue weighted by Crippen LogP contribution is -2.41. The molecule has 0 aromatic carbocycles. The highest BCUT2D eigenvalue weighted by Gasteiger charge is 2.26. The van der Waals surface area contributed by atoms with Gasteiger partial charge in [-0.25, -0.2) is 0 Å². The number of amides is 1. The van der Waals surface area contributed by atoms with Crippen molar-refractivity contribution < 1.29 is 9.90 Å². The van der Waals surface area contributed by atoms with Gasteiger partial charge in [0.2, 0.25) is 5.91 Å². The predicted octanol–water partition coefficient (Wildman–Crippen LogP) is 1.80. The van der Waals surface area contributed by atoms with Crippen LogP contribution in [-0.4, -0.2) is 35.1 Å². The van der Waals surface area contributed by atoms with E-state index >= 15 is 0 Å². The van der Waals surface area contributed by atoms with Crippen molar-refractivity contribution in [2.24, 2.45) is 5.92 Å². The third kappa shape index (κ3) is 3.82. The van der Waals surface area contributed by atoms with Crippen molar-refractivity contribution in [1.82, 2.24) is 4.90 Å². The summed E-state index contributed by atoms with van der Waals surface area (Å²) in [6.07, 6.45) is 5.28. The summed E-state index contributed by atoms with van der Waals surface area (Å²) in [5.41, 5.74) is 0. The van der Waals surface area contributed by atoms with E-state index in [4.69, 9.17) is 5.11 Å². The number of carbonyl (C=O) groups excluding carboxylic acids is 1. The Morgan fingerprint density at radius 1 is 1.40 bits per heavy atom. The molecule has 3 heteroatoms. The van der Waals surface area contributed by atoms with E-state index in [1.54, 1.807) is 0 Å². The molecule has 1 aliphatic rings. The maximum atomic E-state index is 11.9. The first kappa shape index (κ1) is 12.5. The molecule has 15 heavy (non-hydrogen) atoms. The number of hydrogen-bond acceptors (Lipinski definition) is 2. The fourth-order valence-electron chi connectivity index (χ4n) is 2.30.